The second-order valence-corrected chi connectivity index (χ2v) is 1.95. The van der Waals surface area contributed by atoms with Crippen molar-refractivity contribution >= 4 is 6.08 Å². The number of nitrogens with two attached hydrogens (primary N) is 1. The third-order valence-corrected chi connectivity index (χ3v) is 1.34. The molecular formula is C8H10N2. The molecule has 0 spiro atoms. The summed E-state index contributed by atoms with van der Waals surface area (Å²) in [6.45, 7) is 4.12. The molecule has 0 amide bonds. The van der Waals surface area contributed by atoms with Gasteiger partial charge in [-0.15, -0.1) is 0 Å². The maximum absolute atomic E-state index is 5.42. The van der Waals surface area contributed by atoms with E-state index in [1.165, 1.54) is 0 Å². The zero-order chi connectivity index (χ0) is 7.40. The SMILES string of the molecule is C=Cc1cccnc1CN. The van der Waals surface area contributed by atoms with Gasteiger partial charge in [-0.3, -0.25) is 4.98 Å². The number of hydrogen-bond acceptors (Lipinski definition) is 2. The minimum absolute atomic E-state index is 0.474. The summed E-state index contributed by atoms with van der Waals surface area (Å²) in [6, 6.07) is 3.82. The summed E-state index contributed by atoms with van der Waals surface area (Å²) < 4.78 is 0. The molecule has 10 heavy (non-hydrogen) atoms. The first-order valence-corrected chi connectivity index (χ1v) is 3.15. The molecule has 0 atom stereocenters. The van der Waals surface area contributed by atoms with Gasteiger partial charge in [0.2, 0.25) is 0 Å². The molecule has 0 aliphatic rings. The lowest BCUT2D eigenvalue weighted by atomic mass is 10.2. The standard InChI is InChI=1S/C8H10N2/c1-2-7-4-3-5-10-8(7)6-9/h2-5H,1,6,9H2. The molecule has 0 unspecified atom stereocenters. The summed E-state index contributed by atoms with van der Waals surface area (Å²) >= 11 is 0. The van der Waals surface area contributed by atoms with Crippen LogP contribution in [0, 0.1) is 0 Å². The van der Waals surface area contributed by atoms with Crippen LogP contribution in [-0.2, 0) is 6.54 Å². The zero-order valence-electron chi connectivity index (χ0n) is 5.75. The van der Waals surface area contributed by atoms with Crippen molar-refractivity contribution in [1.29, 1.82) is 0 Å². The molecular weight excluding hydrogens is 124 g/mol. The highest BCUT2D eigenvalue weighted by atomic mass is 14.7. The van der Waals surface area contributed by atoms with E-state index in [0.717, 1.165) is 11.3 Å². The normalized spacial score (nSPS) is 9.30. The van der Waals surface area contributed by atoms with Gasteiger partial charge in [0, 0.05) is 12.7 Å². The highest BCUT2D eigenvalue weighted by Gasteiger charge is 1.93. The molecule has 1 heterocycles. The largest absolute Gasteiger partial charge is 0.325 e. The molecule has 1 aromatic heterocycles. The molecule has 0 bridgehead atoms. The second-order valence-electron chi connectivity index (χ2n) is 1.95. The number of aromatic nitrogens is 1. The van der Waals surface area contributed by atoms with E-state index in [4.69, 9.17) is 5.73 Å². The fraction of sp³-hybridized carbons (Fsp3) is 0.125. The molecule has 0 aromatic carbocycles. The molecule has 0 aliphatic heterocycles. The Labute approximate surface area is 60.4 Å². The number of pyridine rings is 1. The van der Waals surface area contributed by atoms with Gasteiger partial charge in [0.1, 0.15) is 0 Å². The third kappa shape index (κ3) is 1.22. The van der Waals surface area contributed by atoms with Crippen molar-refractivity contribution in [2.75, 3.05) is 0 Å². The lowest BCUT2D eigenvalue weighted by molar-refractivity contribution is 0.985. The molecule has 2 heteroatoms. The van der Waals surface area contributed by atoms with Crippen LogP contribution >= 0.6 is 0 Å². The maximum Gasteiger partial charge on any atom is 0.0611 e. The molecule has 2 N–H and O–H groups in total. The Morgan fingerprint density at radius 3 is 3.00 bits per heavy atom. The predicted octanol–water partition coefficient (Wildman–Crippen LogP) is 1.18. The predicted molar refractivity (Wildman–Crippen MR) is 42.2 cm³/mol. The summed E-state index contributed by atoms with van der Waals surface area (Å²) in [5.74, 6) is 0. The Hall–Kier alpha value is -1.15. The van der Waals surface area contributed by atoms with E-state index in [2.05, 4.69) is 11.6 Å². The Morgan fingerprint density at radius 2 is 2.50 bits per heavy atom. The van der Waals surface area contributed by atoms with Crippen LogP contribution in [0.15, 0.2) is 24.9 Å². The average Bonchev–Trinajstić information content (AvgIpc) is 2.04. The topological polar surface area (TPSA) is 38.9 Å². The highest BCUT2D eigenvalue weighted by molar-refractivity contribution is 5.48. The van der Waals surface area contributed by atoms with Crippen molar-refractivity contribution in [3.05, 3.63) is 36.2 Å². The van der Waals surface area contributed by atoms with Crippen LogP contribution in [0.5, 0.6) is 0 Å². The fourth-order valence-corrected chi connectivity index (χ4v) is 0.807. The molecule has 1 aromatic rings. The van der Waals surface area contributed by atoms with E-state index < -0.39 is 0 Å². The van der Waals surface area contributed by atoms with Gasteiger partial charge in [-0.25, -0.2) is 0 Å². The van der Waals surface area contributed by atoms with Crippen molar-refractivity contribution in [1.82, 2.24) is 4.98 Å². The minimum Gasteiger partial charge on any atom is -0.325 e. The van der Waals surface area contributed by atoms with E-state index in [9.17, 15) is 0 Å². The fourth-order valence-electron chi connectivity index (χ4n) is 0.807. The summed E-state index contributed by atoms with van der Waals surface area (Å²) in [5.41, 5.74) is 7.33. The minimum atomic E-state index is 0.474. The Bertz CT molecular complexity index is 230. The van der Waals surface area contributed by atoms with Crippen molar-refractivity contribution in [2.45, 2.75) is 6.54 Å². The molecule has 0 aliphatic carbocycles. The van der Waals surface area contributed by atoms with Crippen LogP contribution in [0.4, 0.5) is 0 Å². The highest BCUT2D eigenvalue weighted by Crippen LogP contribution is 2.04. The lowest BCUT2D eigenvalue weighted by Gasteiger charge is -1.98. The summed E-state index contributed by atoms with van der Waals surface area (Å²) in [6.07, 6.45) is 3.49. The van der Waals surface area contributed by atoms with Crippen LogP contribution in [0.1, 0.15) is 11.3 Å². The van der Waals surface area contributed by atoms with E-state index in [1.54, 1.807) is 12.3 Å². The van der Waals surface area contributed by atoms with Gasteiger partial charge in [0.05, 0.1) is 5.69 Å². The van der Waals surface area contributed by atoms with Gasteiger partial charge >= 0.3 is 0 Å². The first-order chi connectivity index (χ1) is 4.88. The molecule has 1 rings (SSSR count). The molecule has 0 saturated heterocycles. The van der Waals surface area contributed by atoms with Crippen molar-refractivity contribution < 1.29 is 0 Å². The molecule has 0 fully saturated rings. The Kier molecular flexibility index (Phi) is 2.18. The molecule has 52 valence electrons. The zero-order valence-corrected chi connectivity index (χ0v) is 5.75. The third-order valence-electron chi connectivity index (χ3n) is 1.34. The number of rotatable bonds is 2. The Morgan fingerprint density at radius 1 is 1.70 bits per heavy atom. The quantitative estimate of drug-likeness (QED) is 0.659. The van der Waals surface area contributed by atoms with E-state index in [1.807, 2.05) is 12.1 Å². The summed E-state index contributed by atoms with van der Waals surface area (Å²) in [5, 5.41) is 0. The first kappa shape index (κ1) is 6.96. The summed E-state index contributed by atoms with van der Waals surface area (Å²) in [7, 11) is 0. The molecule has 2 nitrogen and oxygen atoms in total. The van der Waals surface area contributed by atoms with Crippen LogP contribution in [0.2, 0.25) is 0 Å². The van der Waals surface area contributed by atoms with Gasteiger partial charge in [-0.2, -0.15) is 0 Å². The number of nitrogens with zero attached hydrogens (tertiary/aromatic N) is 1. The van der Waals surface area contributed by atoms with Crippen LogP contribution < -0.4 is 5.73 Å². The monoisotopic (exact) mass is 134 g/mol. The van der Waals surface area contributed by atoms with Crippen molar-refractivity contribution in [3.8, 4) is 0 Å². The summed E-state index contributed by atoms with van der Waals surface area (Å²) in [4.78, 5) is 4.07. The number of hydrogen-bond donors (Lipinski definition) is 1. The van der Waals surface area contributed by atoms with Gasteiger partial charge in [0.15, 0.2) is 0 Å². The van der Waals surface area contributed by atoms with Crippen LogP contribution in [0.3, 0.4) is 0 Å². The Balaban J connectivity index is 3.08. The van der Waals surface area contributed by atoms with E-state index in [-0.39, 0.29) is 0 Å². The van der Waals surface area contributed by atoms with Gasteiger partial charge in [-0.1, -0.05) is 18.7 Å². The van der Waals surface area contributed by atoms with Crippen molar-refractivity contribution in [3.63, 3.8) is 0 Å². The van der Waals surface area contributed by atoms with Crippen molar-refractivity contribution in [2.24, 2.45) is 5.73 Å². The molecule has 0 radical (unpaired) electrons. The van der Waals surface area contributed by atoms with Gasteiger partial charge in [-0.05, 0) is 11.6 Å². The maximum atomic E-state index is 5.42. The molecule has 0 saturated carbocycles. The van der Waals surface area contributed by atoms with Gasteiger partial charge < -0.3 is 5.73 Å². The van der Waals surface area contributed by atoms with Crippen LogP contribution in [-0.4, -0.2) is 4.98 Å². The smallest absolute Gasteiger partial charge is 0.0611 e. The second kappa shape index (κ2) is 3.13. The lowest BCUT2D eigenvalue weighted by Crippen LogP contribution is -2.00. The van der Waals surface area contributed by atoms with Gasteiger partial charge in [0.25, 0.3) is 0 Å². The van der Waals surface area contributed by atoms with E-state index in [0.29, 0.717) is 6.54 Å². The van der Waals surface area contributed by atoms with Crippen LogP contribution in [0.25, 0.3) is 6.08 Å². The average molecular weight is 134 g/mol. The van der Waals surface area contributed by atoms with E-state index >= 15 is 0 Å². The first-order valence-electron chi connectivity index (χ1n) is 3.15.